The molecule has 1 aliphatic carbocycles. The number of hydrogen-bond acceptors (Lipinski definition) is 3. The number of benzene rings is 2. The number of rotatable bonds is 9. The van der Waals surface area contributed by atoms with Crippen molar-refractivity contribution in [1.82, 2.24) is 5.32 Å². The molecule has 0 saturated heterocycles. The molecule has 204 valence electrons. The molecule has 0 aliphatic heterocycles. The molecule has 0 unspecified atom stereocenters. The van der Waals surface area contributed by atoms with Gasteiger partial charge in [0.2, 0.25) is 0 Å². The molecule has 0 heterocycles. The van der Waals surface area contributed by atoms with E-state index in [2.05, 4.69) is 80.7 Å². The van der Waals surface area contributed by atoms with Crippen LogP contribution in [0.15, 0.2) is 83.5 Å². The van der Waals surface area contributed by atoms with Gasteiger partial charge >= 0.3 is 6.09 Å². The van der Waals surface area contributed by atoms with Crippen LogP contribution in [0.1, 0.15) is 88.6 Å². The second kappa shape index (κ2) is 13.8. The van der Waals surface area contributed by atoms with E-state index in [-0.39, 0.29) is 0 Å². The molecule has 4 nitrogen and oxygen atoms in total. The van der Waals surface area contributed by atoms with Crippen LogP contribution in [0.4, 0.5) is 4.79 Å². The van der Waals surface area contributed by atoms with Crippen molar-refractivity contribution in [2.75, 3.05) is 0 Å². The number of hydrogen-bond donors (Lipinski definition) is 1. The number of aryl methyl sites for hydroxylation is 2. The first-order valence-electron chi connectivity index (χ1n) is 14.0. The highest BCUT2D eigenvalue weighted by molar-refractivity contribution is 5.78. The van der Waals surface area contributed by atoms with E-state index in [1.807, 2.05) is 39.0 Å². The molecule has 0 radical (unpaired) electrons. The molecular formula is C35H42N2O2. The van der Waals surface area contributed by atoms with Crippen molar-refractivity contribution in [3.05, 3.63) is 111 Å². The van der Waals surface area contributed by atoms with Gasteiger partial charge in [-0.3, -0.25) is 0 Å². The summed E-state index contributed by atoms with van der Waals surface area (Å²) in [5.41, 5.74) is 9.83. The van der Waals surface area contributed by atoms with E-state index in [1.54, 1.807) is 0 Å². The fourth-order valence-electron chi connectivity index (χ4n) is 4.74. The summed E-state index contributed by atoms with van der Waals surface area (Å²) >= 11 is 0. The third kappa shape index (κ3) is 9.45. The van der Waals surface area contributed by atoms with E-state index < -0.39 is 11.7 Å². The highest BCUT2D eigenvalue weighted by atomic mass is 16.6. The lowest BCUT2D eigenvalue weighted by atomic mass is 9.91. The first kappa shape index (κ1) is 29.7. The molecule has 0 atom stereocenters. The van der Waals surface area contributed by atoms with Crippen molar-refractivity contribution in [3.63, 3.8) is 0 Å². The van der Waals surface area contributed by atoms with Crippen molar-refractivity contribution < 1.29 is 9.53 Å². The summed E-state index contributed by atoms with van der Waals surface area (Å²) in [6, 6.07) is 16.7. The topological polar surface area (TPSA) is 62.1 Å². The van der Waals surface area contributed by atoms with Crippen molar-refractivity contribution in [3.8, 4) is 6.07 Å². The van der Waals surface area contributed by atoms with Gasteiger partial charge in [0.1, 0.15) is 5.60 Å². The fourth-order valence-corrected chi connectivity index (χ4v) is 4.74. The van der Waals surface area contributed by atoms with E-state index in [9.17, 15) is 10.1 Å². The summed E-state index contributed by atoms with van der Waals surface area (Å²) in [6.45, 7) is 12.5. The predicted molar refractivity (Wildman–Crippen MR) is 161 cm³/mol. The highest BCUT2D eigenvalue weighted by Crippen LogP contribution is 2.28. The van der Waals surface area contributed by atoms with Gasteiger partial charge in [-0.05, 0) is 111 Å². The zero-order valence-electron chi connectivity index (χ0n) is 24.4. The van der Waals surface area contributed by atoms with E-state index in [0.717, 1.165) is 54.4 Å². The summed E-state index contributed by atoms with van der Waals surface area (Å²) < 4.78 is 5.39. The highest BCUT2D eigenvalue weighted by Gasteiger charge is 2.16. The molecular weight excluding hydrogens is 480 g/mol. The fraction of sp³-hybridized carbons (Fsp3) is 0.371. The van der Waals surface area contributed by atoms with Gasteiger partial charge in [-0.15, -0.1) is 0 Å². The van der Waals surface area contributed by atoms with Gasteiger partial charge < -0.3 is 10.1 Å². The molecule has 0 saturated carbocycles. The maximum absolute atomic E-state index is 12.2. The molecule has 4 heteroatoms. The van der Waals surface area contributed by atoms with Gasteiger partial charge in [0.15, 0.2) is 0 Å². The first-order valence-corrected chi connectivity index (χ1v) is 14.0. The Balaban J connectivity index is 1.88. The van der Waals surface area contributed by atoms with E-state index >= 15 is 0 Å². The second-order valence-corrected chi connectivity index (χ2v) is 11.2. The van der Waals surface area contributed by atoms with Gasteiger partial charge in [-0.2, -0.15) is 5.26 Å². The van der Waals surface area contributed by atoms with Crippen molar-refractivity contribution in [2.45, 2.75) is 85.8 Å². The molecule has 1 N–H and O–H groups in total. The minimum Gasteiger partial charge on any atom is -0.444 e. The van der Waals surface area contributed by atoms with Crippen LogP contribution in [-0.4, -0.2) is 11.7 Å². The Morgan fingerprint density at radius 1 is 0.923 bits per heavy atom. The number of carbonyl (C=O) groups is 1. The summed E-state index contributed by atoms with van der Waals surface area (Å²) in [5, 5.41) is 12.3. The average molecular weight is 523 g/mol. The summed E-state index contributed by atoms with van der Waals surface area (Å²) in [7, 11) is 0. The molecule has 3 rings (SSSR count). The minimum absolute atomic E-state index is 0.400. The second-order valence-electron chi connectivity index (χ2n) is 11.2. The predicted octanol–water partition coefficient (Wildman–Crippen LogP) is 8.77. The van der Waals surface area contributed by atoms with E-state index in [4.69, 9.17) is 4.74 Å². The van der Waals surface area contributed by atoms with Gasteiger partial charge in [-0.25, -0.2) is 4.79 Å². The smallest absolute Gasteiger partial charge is 0.407 e. The van der Waals surface area contributed by atoms with E-state index in [0.29, 0.717) is 6.54 Å². The third-order valence-electron chi connectivity index (χ3n) is 6.55. The normalized spacial score (nSPS) is 13.7. The number of nitrogens with one attached hydrogen (secondary N) is 1. The van der Waals surface area contributed by atoms with Crippen LogP contribution >= 0.6 is 0 Å². The molecule has 1 amide bonds. The SMILES string of the molecule is CCCc1ccc(C#N)cc1CCC1=CC(c2cccc(CNC(=O)OC(C)(C)C)c2)=CC(CC)=CC(C)=C1. The van der Waals surface area contributed by atoms with Crippen molar-refractivity contribution >= 4 is 11.7 Å². The largest absolute Gasteiger partial charge is 0.444 e. The van der Waals surface area contributed by atoms with Crippen molar-refractivity contribution in [1.29, 1.82) is 5.26 Å². The first-order chi connectivity index (χ1) is 18.6. The van der Waals surface area contributed by atoms with Crippen LogP contribution in [0.5, 0.6) is 0 Å². The van der Waals surface area contributed by atoms with Crippen LogP contribution in [0, 0.1) is 11.3 Å². The zero-order valence-corrected chi connectivity index (χ0v) is 24.4. The van der Waals surface area contributed by atoms with Crippen LogP contribution in [0.25, 0.3) is 5.57 Å². The molecule has 39 heavy (non-hydrogen) atoms. The molecule has 2 aromatic rings. The molecule has 0 aromatic heterocycles. The quantitative estimate of drug-likeness (QED) is 0.358. The monoisotopic (exact) mass is 522 g/mol. The Bertz CT molecular complexity index is 1340. The van der Waals surface area contributed by atoms with Gasteiger partial charge in [0.05, 0.1) is 11.6 Å². The van der Waals surface area contributed by atoms with Gasteiger partial charge in [-0.1, -0.05) is 74.4 Å². The number of carbonyl (C=O) groups excluding carboxylic acids is 1. The Hall–Kier alpha value is -3.84. The summed E-state index contributed by atoms with van der Waals surface area (Å²) in [6.07, 6.45) is 13.5. The number of nitriles is 1. The maximum Gasteiger partial charge on any atom is 0.407 e. The van der Waals surface area contributed by atoms with Gasteiger partial charge in [0, 0.05) is 6.54 Å². The Morgan fingerprint density at radius 3 is 2.41 bits per heavy atom. The van der Waals surface area contributed by atoms with Crippen LogP contribution in [-0.2, 0) is 24.1 Å². The third-order valence-corrected chi connectivity index (χ3v) is 6.55. The molecule has 1 aliphatic rings. The standard InChI is InChI=1S/C35H42N2O2/c1-7-10-30-15-14-28(23-36)21-32(30)16-13-27-18-25(3)17-26(8-2)19-33(20-27)31-12-9-11-29(22-31)24-37-34(38)39-35(4,5)6/h9,11-12,14-15,17-22H,7-8,10,13,16,24H2,1-6H3,(H,37,38). The molecule has 0 fully saturated rings. The van der Waals surface area contributed by atoms with Crippen molar-refractivity contribution in [2.24, 2.45) is 0 Å². The minimum atomic E-state index is -0.529. The Morgan fingerprint density at radius 2 is 1.72 bits per heavy atom. The molecule has 0 bridgehead atoms. The van der Waals surface area contributed by atoms with Gasteiger partial charge in [0.25, 0.3) is 0 Å². The Kier molecular flexibility index (Phi) is 10.5. The Labute approximate surface area is 234 Å². The average Bonchev–Trinajstić information content (AvgIpc) is 2.88. The van der Waals surface area contributed by atoms with Crippen LogP contribution < -0.4 is 5.32 Å². The number of alkyl carbamates (subject to hydrolysis) is 1. The molecule has 2 aromatic carbocycles. The number of nitrogens with zero attached hydrogens (tertiary/aromatic N) is 1. The van der Waals surface area contributed by atoms with Crippen LogP contribution in [0.2, 0.25) is 0 Å². The lowest BCUT2D eigenvalue weighted by molar-refractivity contribution is 0.0523. The number of ether oxygens (including phenoxy) is 1. The lowest BCUT2D eigenvalue weighted by Crippen LogP contribution is -2.32. The number of amides is 1. The lowest BCUT2D eigenvalue weighted by Gasteiger charge is -2.19. The maximum atomic E-state index is 12.2. The summed E-state index contributed by atoms with van der Waals surface area (Å²) in [4.78, 5) is 12.2. The van der Waals surface area contributed by atoms with Crippen LogP contribution in [0.3, 0.4) is 0 Å². The number of allylic oxidation sites excluding steroid dienone is 8. The zero-order chi connectivity index (χ0) is 28.4. The molecule has 0 spiro atoms. The van der Waals surface area contributed by atoms with E-state index in [1.165, 1.54) is 27.8 Å². The summed E-state index contributed by atoms with van der Waals surface area (Å²) in [5.74, 6) is 0.